The lowest BCUT2D eigenvalue weighted by Gasteiger charge is -2.70. The lowest BCUT2D eigenvalue weighted by atomic mass is 9.34. The summed E-state index contributed by atoms with van der Waals surface area (Å²) in [5.74, 6) is 0.184. The monoisotopic (exact) mass is 1500 g/mol. The van der Waals surface area contributed by atoms with Crippen molar-refractivity contribution >= 4 is 41.2 Å². The average Bonchev–Trinajstić information content (AvgIpc) is 1.42. The van der Waals surface area contributed by atoms with Crippen LogP contribution in [0, 0.1) is 49.4 Å². The normalized spacial score (nSPS) is 21.5. The van der Waals surface area contributed by atoms with Gasteiger partial charge in [-0.05, 0) is 124 Å². The summed E-state index contributed by atoms with van der Waals surface area (Å²) in [7, 11) is 0. The Balaban J connectivity index is 0.391. The van der Waals surface area contributed by atoms with Crippen LogP contribution in [0.5, 0.6) is 0 Å². The van der Waals surface area contributed by atoms with Crippen molar-refractivity contribution in [2.45, 2.75) is 106 Å². The number of aromatic nitrogens is 6. The quantitative estimate of drug-likeness (QED) is 0.0333. The van der Waals surface area contributed by atoms with Gasteiger partial charge in [0.2, 0.25) is 17.7 Å². The van der Waals surface area contributed by atoms with E-state index in [4.69, 9.17) is 63.8 Å². The fraction of sp³-hybridized carbons (Fsp3) is 0.631. The molecule has 0 unspecified atom stereocenters. The van der Waals surface area contributed by atoms with Gasteiger partial charge in [-0.15, -0.1) is 0 Å². The number of fused-ring (bicyclic) bond motifs is 2. The Labute approximate surface area is 645 Å². The van der Waals surface area contributed by atoms with E-state index >= 15 is 0 Å². The van der Waals surface area contributed by atoms with Gasteiger partial charge in [-0.3, -0.25) is 24.2 Å². The number of carbonyl (C=O) groups excluding carboxylic acids is 3. The van der Waals surface area contributed by atoms with Crippen molar-refractivity contribution in [2.24, 2.45) is 27.4 Å². The van der Waals surface area contributed by atoms with Crippen LogP contribution >= 0.6 is 0 Å². The smallest absolute Gasteiger partial charge is 0.236 e. The molecule has 14 rings (SSSR count). The number of benzene rings is 2. The van der Waals surface area contributed by atoms with Crippen LogP contribution in [-0.2, 0) is 78.0 Å². The highest BCUT2D eigenvalue weighted by atomic mass is 16.6. The number of aryl methyl sites for hydroxylation is 6. The summed E-state index contributed by atoms with van der Waals surface area (Å²) in [4.78, 5) is 60.4. The van der Waals surface area contributed by atoms with E-state index in [9.17, 15) is 14.4 Å². The number of nitrogens with one attached hydrogen (secondary N) is 2. The van der Waals surface area contributed by atoms with E-state index in [1.54, 1.807) is 4.90 Å². The molecule has 0 spiro atoms. The van der Waals surface area contributed by atoms with Crippen LogP contribution in [0.3, 0.4) is 0 Å². The van der Waals surface area contributed by atoms with Crippen molar-refractivity contribution < 1.29 is 52.3 Å². The molecule has 6 saturated carbocycles. The molecule has 4 bridgehead atoms. The number of hydrogen-bond donors (Lipinski definition) is 3. The van der Waals surface area contributed by atoms with Gasteiger partial charge in [0.15, 0.2) is 11.3 Å². The lowest BCUT2D eigenvalue weighted by Crippen LogP contribution is -2.71. The summed E-state index contributed by atoms with van der Waals surface area (Å²) in [5, 5.41) is 16.0. The summed E-state index contributed by atoms with van der Waals surface area (Å²) in [6.07, 6.45) is 18.4. The van der Waals surface area contributed by atoms with E-state index in [-0.39, 0.29) is 35.1 Å². The van der Waals surface area contributed by atoms with Crippen LogP contribution in [0.25, 0.3) is 23.4 Å². The number of piperazine rings is 2. The molecule has 6 aliphatic carbocycles. The summed E-state index contributed by atoms with van der Waals surface area (Å²) < 4.78 is 49.5. The van der Waals surface area contributed by atoms with Gasteiger partial charge in [0.25, 0.3) is 0 Å². The molecule has 8 aliphatic rings. The maximum atomic E-state index is 13.2. The number of ether oxygens (including phenoxy) is 8. The molecular weight excluding hydrogens is 1380 g/mol. The Hall–Kier alpha value is -6.95. The predicted molar refractivity (Wildman–Crippen MR) is 422 cm³/mol. The van der Waals surface area contributed by atoms with E-state index in [1.807, 2.05) is 22.9 Å². The first-order chi connectivity index (χ1) is 53.1. The zero-order valence-corrected chi connectivity index (χ0v) is 66.0. The molecule has 6 heterocycles. The summed E-state index contributed by atoms with van der Waals surface area (Å²) in [5.41, 5.74) is 21.8. The standard InChI is InChI=1S/C84H122N14O11/c1-7-74-72(77-88-64(3)51-66(5)97(77)90-74)53-70-17-13-68(14-18-70)11-9-23-92-25-29-94(30-26-92)62-81-56-83(57-81,58-81)79(100)86-21-35-102-39-43-106-47-49-108-45-41-104-37-33-96(76(99)55-85)34-38-105-42-46-109-50-48-107-44-40-103-36-22-87-80(101)84-59-82(60-84,61-84)63-95-31-27-93(28-32-95)24-10-12-69-15-19-71(20-16-69)54-73-75(8-2)91-98-67(6)52-65(4)89-78(73)98/h9-20,51-52H,7-8,21-50,53-63,85H2,1-6H3,(H,86,100)(H,87,101)/b11-9+,12-10+. The van der Waals surface area contributed by atoms with Crippen molar-refractivity contribution in [1.29, 1.82) is 0 Å². The van der Waals surface area contributed by atoms with E-state index < -0.39 is 0 Å². The molecule has 8 fully saturated rings. The Morgan fingerprint density at radius 1 is 0.468 bits per heavy atom. The van der Waals surface area contributed by atoms with Gasteiger partial charge in [-0.2, -0.15) is 10.2 Å². The van der Waals surface area contributed by atoms with Crippen LogP contribution in [0.15, 0.2) is 72.8 Å². The number of hydrogen-bond acceptors (Lipinski definition) is 20. The Morgan fingerprint density at radius 3 is 1.14 bits per heavy atom. The molecule has 4 aromatic heterocycles. The minimum atomic E-state index is -0.183. The second-order valence-corrected chi connectivity index (χ2v) is 31.5. The summed E-state index contributed by atoms with van der Waals surface area (Å²) in [6.45, 7) is 33.6. The predicted octanol–water partition coefficient (Wildman–Crippen LogP) is 6.77. The molecule has 0 radical (unpaired) electrons. The third kappa shape index (κ3) is 21.8. The molecular formula is C84H122N14O11. The fourth-order valence-corrected chi connectivity index (χ4v) is 17.6. The first-order valence-corrected chi connectivity index (χ1v) is 40.3. The SMILES string of the molecule is CCc1nn2c(C)cc(C)nc2c1Cc1ccc(/C=C/CN2CCN(CC34CC(C(=O)NCCOCCOCCOCCOCCN(CCOCCOCCOCCOCCNC(=O)C56CC(CN7CCN(C/C=C/c8ccc(Cc9c(CC)nn%10c(C)cc(C)nc9%10)cc8)CC7)(C5)C6)C(=O)CN)(C3)C4)CC2)cc1. The highest BCUT2D eigenvalue weighted by Gasteiger charge is 2.72. The third-order valence-corrected chi connectivity index (χ3v) is 23.0. The number of amides is 3. The second-order valence-electron chi connectivity index (χ2n) is 31.5. The molecule has 25 heteroatoms. The van der Waals surface area contributed by atoms with E-state index in [0.29, 0.717) is 143 Å². The topological polar surface area (TPSA) is 252 Å². The molecule has 2 saturated heterocycles. The molecule has 25 nitrogen and oxygen atoms in total. The van der Waals surface area contributed by atoms with Crippen LogP contribution in [0.4, 0.5) is 0 Å². The molecule has 4 N–H and O–H groups in total. The second kappa shape index (κ2) is 39.5. The van der Waals surface area contributed by atoms with E-state index in [1.165, 1.54) is 33.4 Å². The molecule has 594 valence electrons. The van der Waals surface area contributed by atoms with Gasteiger partial charge in [-0.1, -0.05) is 86.7 Å². The van der Waals surface area contributed by atoms with Gasteiger partial charge in [0.05, 0.1) is 134 Å². The van der Waals surface area contributed by atoms with Gasteiger partial charge in [-0.25, -0.2) is 19.0 Å². The molecule has 2 aromatic carbocycles. The van der Waals surface area contributed by atoms with Crippen molar-refractivity contribution in [1.82, 2.24) is 64.3 Å². The van der Waals surface area contributed by atoms with Crippen molar-refractivity contribution in [2.75, 3.05) is 217 Å². The number of nitrogens with two attached hydrogens (primary N) is 1. The first kappa shape index (κ1) is 81.5. The number of nitrogens with zero attached hydrogens (tertiary/aromatic N) is 11. The fourth-order valence-electron chi connectivity index (χ4n) is 17.6. The Kier molecular flexibility index (Phi) is 29.5. The molecule has 2 aliphatic heterocycles. The highest BCUT2D eigenvalue weighted by molar-refractivity contribution is 5.87. The number of rotatable bonds is 49. The Morgan fingerprint density at radius 2 is 0.798 bits per heavy atom. The Bertz CT molecular complexity index is 3690. The largest absolute Gasteiger partial charge is 0.377 e. The summed E-state index contributed by atoms with van der Waals surface area (Å²) in [6, 6.07) is 22.0. The van der Waals surface area contributed by atoms with Gasteiger partial charge >= 0.3 is 0 Å². The van der Waals surface area contributed by atoms with E-state index in [2.05, 4.69) is 143 Å². The minimum absolute atomic E-state index is 0.0901. The first-order valence-electron chi connectivity index (χ1n) is 40.3. The van der Waals surface area contributed by atoms with Crippen LogP contribution in [0.1, 0.15) is 120 Å². The van der Waals surface area contributed by atoms with Crippen LogP contribution in [0.2, 0.25) is 0 Å². The zero-order valence-electron chi connectivity index (χ0n) is 66.0. The van der Waals surface area contributed by atoms with Gasteiger partial charge in [0, 0.05) is 151 Å². The molecule has 0 atom stereocenters. The van der Waals surface area contributed by atoms with Crippen molar-refractivity contribution in [3.8, 4) is 0 Å². The van der Waals surface area contributed by atoms with Gasteiger partial charge < -0.3 is 69.0 Å². The van der Waals surface area contributed by atoms with E-state index in [0.717, 1.165) is 188 Å². The zero-order chi connectivity index (χ0) is 76.1. The molecule has 3 amide bonds. The van der Waals surface area contributed by atoms with Crippen molar-refractivity contribution in [3.63, 3.8) is 0 Å². The number of carbonyl (C=O) groups is 3. The maximum absolute atomic E-state index is 13.2. The molecule has 109 heavy (non-hydrogen) atoms. The van der Waals surface area contributed by atoms with Crippen LogP contribution in [-0.4, -0.2) is 288 Å². The van der Waals surface area contributed by atoms with Gasteiger partial charge in [0.1, 0.15) is 0 Å². The lowest BCUT2D eigenvalue weighted by molar-refractivity contribution is -0.214. The maximum Gasteiger partial charge on any atom is 0.236 e. The minimum Gasteiger partial charge on any atom is -0.377 e. The highest BCUT2D eigenvalue weighted by Crippen LogP contribution is 2.74. The molecule has 6 aromatic rings. The average molecular weight is 1500 g/mol. The third-order valence-electron chi connectivity index (χ3n) is 23.0. The van der Waals surface area contributed by atoms with Crippen molar-refractivity contribution in [3.05, 3.63) is 140 Å². The van der Waals surface area contributed by atoms with Crippen LogP contribution < -0.4 is 16.4 Å². The summed E-state index contributed by atoms with van der Waals surface area (Å²) >= 11 is 0.